The standard InChI is InChI=1S/C22H23NO3S/c24-21-19(16-9-4-3-5-10-16)20(27-15-18-13-8-14-26-18)22(25)23(21)17-11-6-1-2-7-12-17/h3-5,8-10,13-14,17H,1-2,6-7,11-12,15H2. The summed E-state index contributed by atoms with van der Waals surface area (Å²) in [5.41, 5.74) is 1.36. The van der Waals surface area contributed by atoms with Gasteiger partial charge >= 0.3 is 0 Å². The molecule has 1 fully saturated rings. The molecule has 2 heterocycles. The first-order valence-corrected chi connectivity index (χ1v) is 10.6. The van der Waals surface area contributed by atoms with Gasteiger partial charge in [0.25, 0.3) is 11.8 Å². The number of hydrogen-bond donors (Lipinski definition) is 0. The number of imide groups is 1. The summed E-state index contributed by atoms with van der Waals surface area (Å²) in [4.78, 5) is 28.7. The van der Waals surface area contributed by atoms with Crippen molar-refractivity contribution in [2.45, 2.75) is 50.3 Å². The number of amides is 2. The second-order valence-corrected chi connectivity index (χ2v) is 8.05. The Labute approximate surface area is 163 Å². The Morgan fingerprint density at radius 1 is 0.926 bits per heavy atom. The maximum atomic E-state index is 13.3. The van der Waals surface area contributed by atoms with Crippen LogP contribution >= 0.6 is 11.8 Å². The summed E-state index contributed by atoms with van der Waals surface area (Å²) in [6, 6.07) is 13.3. The van der Waals surface area contributed by atoms with Gasteiger partial charge in [-0.2, -0.15) is 0 Å². The van der Waals surface area contributed by atoms with Crippen molar-refractivity contribution in [2.24, 2.45) is 0 Å². The van der Waals surface area contributed by atoms with Crippen molar-refractivity contribution >= 4 is 29.1 Å². The normalized spacial score (nSPS) is 19.0. The third-order valence-corrected chi connectivity index (χ3v) is 6.36. The smallest absolute Gasteiger partial charge is 0.268 e. The molecule has 2 aromatic rings. The summed E-state index contributed by atoms with van der Waals surface area (Å²) in [7, 11) is 0. The minimum absolute atomic E-state index is 0.0212. The molecule has 1 aliphatic carbocycles. The zero-order valence-corrected chi connectivity index (χ0v) is 16.0. The maximum Gasteiger partial charge on any atom is 0.268 e. The minimum atomic E-state index is -0.139. The summed E-state index contributed by atoms with van der Waals surface area (Å²) in [5.74, 6) is 1.06. The maximum absolute atomic E-state index is 13.3. The molecule has 0 radical (unpaired) electrons. The van der Waals surface area contributed by atoms with Gasteiger partial charge in [-0.05, 0) is 30.5 Å². The van der Waals surface area contributed by atoms with Crippen molar-refractivity contribution in [1.29, 1.82) is 0 Å². The average molecular weight is 381 g/mol. The monoisotopic (exact) mass is 381 g/mol. The van der Waals surface area contributed by atoms with Gasteiger partial charge in [0.15, 0.2) is 0 Å². The van der Waals surface area contributed by atoms with E-state index in [1.807, 2.05) is 42.5 Å². The van der Waals surface area contributed by atoms with Gasteiger partial charge in [0.2, 0.25) is 0 Å². The molecule has 0 spiro atoms. The van der Waals surface area contributed by atoms with E-state index in [1.165, 1.54) is 29.5 Å². The Bertz CT molecular complexity index is 834. The number of hydrogen-bond acceptors (Lipinski definition) is 4. The van der Waals surface area contributed by atoms with Gasteiger partial charge in [0.05, 0.1) is 22.5 Å². The zero-order valence-electron chi connectivity index (χ0n) is 15.2. The van der Waals surface area contributed by atoms with Crippen LogP contribution < -0.4 is 0 Å². The molecule has 0 N–H and O–H groups in total. The highest BCUT2D eigenvalue weighted by Crippen LogP contribution is 2.40. The van der Waals surface area contributed by atoms with Crippen LogP contribution in [0.15, 0.2) is 58.1 Å². The molecule has 0 bridgehead atoms. The fourth-order valence-electron chi connectivity index (χ4n) is 3.91. The van der Waals surface area contributed by atoms with Crippen LogP contribution in [0.4, 0.5) is 0 Å². The molecular formula is C22H23NO3S. The number of benzene rings is 1. The molecule has 4 nitrogen and oxygen atoms in total. The van der Waals surface area contributed by atoms with Gasteiger partial charge in [-0.3, -0.25) is 14.5 Å². The van der Waals surface area contributed by atoms with E-state index in [1.54, 1.807) is 6.26 Å². The minimum Gasteiger partial charge on any atom is -0.468 e. The first-order chi connectivity index (χ1) is 13.3. The Morgan fingerprint density at radius 3 is 2.33 bits per heavy atom. The van der Waals surface area contributed by atoms with Crippen molar-refractivity contribution in [1.82, 2.24) is 4.90 Å². The van der Waals surface area contributed by atoms with Gasteiger partial charge in [-0.1, -0.05) is 56.0 Å². The van der Waals surface area contributed by atoms with Crippen molar-refractivity contribution in [3.8, 4) is 0 Å². The van der Waals surface area contributed by atoms with Crippen LogP contribution in [-0.2, 0) is 15.3 Å². The van der Waals surface area contributed by atoms with Crippen LogP contribution in [0.1, 0.15) is 49.8 Å². The van der Waals surface area contributed by atoms with Crippen molar-refractivity contribution in [3.05, 3.63) is 65.0 Å². The number of furan rings is 1. The molecular weight excluding hydrogens is 358 g/mol. The van der Waals surface area contributed by atoms with Crippen molar-refractivity contribution in [2.75, 3.05) is 0 Å². The van der Waals surface area contributed by atoms with E-state index < -0.39 is 0 Å². The largest absolute Gasteiger partial charge is 0.468 e. The molecule has 5 heteroatoms. The van der Waals surface area contributed by atoms with Gasteiger partial charge in [0.1, 0.15) is 5.76 Å². The summed E-state index contributed by atoms with van der Waals surface area (Å²) < 4.78 is 5.40. The van der Waals surface area contributed by atoms with Crippen LogP contribution in [0, 0.1) is 0 Å². The molecule has 1 aliphatic heterocycles. The lowest BCUT2D eigenvalue weighted by molar-refractivity contribution is -0.139. The summed E-state index contributed by atoms with van der Waals surface area (Å²) >= 11 is 1.40. The lowest BCUT2D eigenvalue weighted by atomic mass is 10.0. The second-order valence-electron chi connectivity index (χ2n) is 7.06. The lowest BCUT2D eigenvalue weighted by Gasteiger charge is -2.25. The average Bonchev–Trinajstić information content (AvgIpc) is 3.18. The van der Waals surface area contributed by atoms with E-state index in [0.717, 1.165) is 37.0 Å². The fraction of sp³-hybridized carbons (Fsp3) is 0.364. The summed E-state index contributed by atoms with van der Waals surface area (Å²) in [6.45, 7) is 0. The van der Waals surface area contributed by atoms with E-state index in [2.05, 4.69) is 0 Å². The third kappa shape index (κ3) is 3.74. The van der Waals surface area contributed by atoms with E-state index >= 15 is 0 Å². The highest BCUT2D eigenvalue weighted by Gasteiger charge is 2.42. The van der Waals surface area contributed by atoms with E-state index in [9.17, 15) is 9.59 Å². The molecule has 1 saturated carbocycles. The van der Waals surface area contributed by atoms with Crippen LogP contribution in [-0.4, -0.2) is 22.8 Å². The van der Waals surface area contributed by atoms with Gasteiger partial charge in [0, 0.05) is 6.04 Å². The number of thioether (sulfide) groups is 1. The fourth-order valence-corrected chi connectivity index (χ4v) is 4.93. The summed E-state index contributed by atoms with van der Waals surface area (Å²) in [6.07, 6.45) is 7.99. The lowest BCUT2D eigenvalue weighted by Crippen LogP contribution is -2.40. The molecule has 27 heavy (non-hydrogen) atoms. The number of rotatable bonds is 5. The second kappa shape index (κ2) is 8.17. The van der Waals surface area contributed by atoms with Crippen LogP contribution in [0.25, 0.3) is 5.57 Å². The molecule has 2 aliphatic rings. The van der Waals surface area contributed by atoms with E-state index in [-0.39, 0.29) is 17.9 Å². The highest BCUT2D eigenvalue weighted by atomic mass is 32.2. The van der Waals surface area contributed by atoms with Gasteiger partial charge in [-0.25, -0.2) is 0 Å². The SMILES string of the molecule is O=C1C(SCc2ccco2)=C(c2ccccc2)C(=O)N1C1CCCCCC1. The molecule has 1 aromatic carbocycles. The Morgan fingerprint density at radius 2 is 1.67 bits per heavy atom. The van der Waals surface area contributed by atoms with Crippen molar-refractivity contribution < 1.29 is 14.0 Å². The molecule has 0 saturated heterocycles. The Balaban J connectivity index is 1.66. The number of carbonyl (C=O) groups excluding carboxylic acids is 2. The quantitative estimate of drug-likeness (QED) is 0.539. The van der Waals surface area contributed by atoms with Crippen LogP contribution in [0.5, 0.6) is 0 Å². The van der Waals surface area contributed by atoms with Gasteiger partial charge in [-0.15, -0.1) is 11.8 Å². The van der Waals surface area contributed by atoms with Gasteiger partial charge < -0.3 is 4.42 Å². The zero-order chi connectivity index (χ0) is 18.6. The molecule has 0 unspecified atom stereocenters. The number of carbonyl (C=O) groups is 2. The molecule has 0 atom stereocenters. The Kier molecular flexibility index (Phi) is 5.48. The van der Waals surface area contributed by atoms with E-state index in [0.29, 0.717) is 16.2 Å². The van der Waals surface area contributed by atoms with E-state index in [4.69, 9.17) is 4.42 Å². The predicted molar refractivity (Wildman–Crippen MR) is 107 cm³/mol. The summed E-state index contributed by atoms with van der Waals surface area (Å²) in [5, 5.41) is 0. The molecule has 2 amide bonds. The molecule has 4 rings (SSSR count). The highest BCUT2D eigenvalue weighted by molar-refractivity contribution is 8.03. The first-order valence-electron chi connectivity index (χ1n) is 9.58. The van der Waals surface area contributed by atoms with Crippen LogP contribution in [0.2, 0.25) is 0 Å². The molecule has 1 aromatic heterocycles. The van der Waals surface area contributed by atoms with Crippen LogP contribution in [0.3, 0.4) is 0 Å². The topological polar surface area (TPSA) is 50.5 Å². The predicted octanol–water partition coefficient (Wildman–Crippen LogP) is 5.02. The third-order valence-electron chi connectivity index (χ3n) is 5.26. The Hall–Kier alpha value is -2.27. The first kappa shape index (κ1) is 18.1. The van der Waals surface area contributed by atoms with Crippen molar-refractivity contribution in [3.63, 3.8) is 0 Å². The molecule has 140 valence electrons. The number of nitrogens with zero attached hydrogens (tertiary/aromatic N) is 1.